The number of amides is 1. The Kier molecular flexibility index (Phi) is 6.47. The number of anilines is 1. The molecule has 34 heavy (non-hydrogen) atoms. The Morgan fingerprint density at radius 1 is 0.882 bits per heavy atom. The van der Waals surface area contributed by atoms with Gasteiger partial charge in [0.1, 0.15) is 17.2 Å². The van der Waals surface area contributed by atoms with Gasteiger partial charge in [-0.2, -0.15) is 0 Å². The first-order chi connectivity index (χ1) is 16.4. The molecule has 4 aromatic rings. The van der Waals surface area contributed by atoms with Crippen LogP contribution in [0.5, 0.6) is 17.2 Å². The van der Waals surface area contributed by atoms with Crippen molar-refractivity contribution in [2.24, 2.45) is 0 Å². The van der Waals surface area contributed by atoms with Crippen molar-refractivity contribution >= 4 is 34.0 Å². The van der Waals surface area contributed by atoms with Gasteiger partial charge < -0.3 is 19.1 Å². The maximum Gasteiger partial charge on any atom is 0.262 e. The number of carbonyl (C=O) groups is 1. The third-order valence-corrected chi connectivity index (χ3v) is 5.92. The molecule has 0 saturated carbocycles. The van der Waals surface area contributed by atoms with Crippen molar-refractivity contribution in [3.8, 4) is 22.9 Å². The van der Waals surface area contributed by atoms with E-state index in [-0.39, 0.29) is 11.5 Å². The van der Waals surface area contributed by atoms with E-state index in [0.29, 0.717) is 50.0 Å². The van der Waals surface area contributed by atoms with Crippen LogP contribution in [0, 0.1) is 0 Å². The number of methoxy groups -OCH3 is 3. The standard InChI is InChI=1S/C26H23ClN2O5/c1-28(22-13-21(27)23(33-3)14-24(22)34-4)25(30)20-15-29(16-9-11-17(32-2)12-10-16)26(31)19-8-6-5-7-18(19)20/h5-15H,1-4H3. The van der Waals surface area contributed by atoms with Crippen LogP contribution in [0.2, 0.25) is 5.02 Å². The van der Waals surface area contributed by atoms with Crippen LogP contribution in [-0.4, -0.2) is 38.9 Å². The van der Waals surface area contributed by atoms with Crippen LogP contribution in [0.4, 0.5) is 5.69 Å². The summed E-state index contributed by atoms with van der Waals surface area (Å²) in [6.07, 6.45) is 1.56. The molecule has 0 bridgehead atoms. The summed E-state index contributed by atoms with van der Waals surface area (Å²) in [5.41, 5.74) is 1.19. The second kappa shape index (κ2) is 9.49. The molecule has 0 saturated heterocycles. The Morgan fingerprint density at radius 2 is 1.53 bits per heavy atom. The molecule has 174 valence electrons. The molecular weight excluding hydrogens is 456 g/mol. The molecule has 0 spiro atoms. The van der Waals surface area contributed by atoms with Gasteiger partial charge in [0.2, 0.25) is 0 Å². The highest BCUT2D eigenvalue weighted by Gasteiger charge is 2.23. The molecule has 0 radical (unpaired) electrons. The zero-order valence-electron chi connectivity index (χ0n) is 19.2. The average molecular weight is 479 g/mol. The molecule has 0 fully saturated rings. The molecule has 1 aromatic heterocycles. The number of aromatic nitrogens is 1. The third kappa shape index (κ3) is 4.06. The first kappa shape index (κ1) is 23.2. The number of fused-ring (bicyclic) bond motifs is 1. The van der Waals surface area contributed by atoms with Crippen molar-refractivity contribution in [3.63, 3.8) is 0 Å². The summed E-state index contributed by atoms with van der Waals surface area (Å²) < 4.78 is 17.4. The Bertz CT molecular complexity index is 1430. The minimum atomic E-state index is -0.335. The topological polar surface area (TPSA) is 70.0 Å². The first-order valence-electron chi connectivity index (χ1n) is 10.4. The fourth-order valence-electron chi connectivity index (χ4n) is 3.79. The van der Waals surface area contributed by atoms with Gasteiger partial charge in [0, 0.05) is 35.8 Å². The maximum absolute atomic E-state index is 13.7. The number of rotatable bonds is 6. The van der Waals surface area contributed by atoms with E-state index in [2.05, 4.69) is 0 Å². The normalized spacial score (nSPS) is 10.7. The van der Waals surface area contributed by atoms with Gasteiger partial charge in [-0.1, -0.05) is 29.8 Å². The SMILES string of the molecule is COc1ccc(-n2cc(C(=O)N(C)c3cc(Cl)c(OC)cc3OC)c3ccccc3c2=O)cc1. The molecule has 3 aromatic carbocycles. The quantitative estimate of drug-likeness (QED) is 0.392. The summed E-state index contributed by atoms with van der Waals surface area (Å²) in [5, 5.41) is 1.32. The molecule has 1 heterocycles. The zero-order valence-corrected chi connectivity index (χ0v) is 19.9. The van der Waals surface area contributed by atoms with E-state index in [1.807, 2.05) is 0 Å². The van der Waals surface area contributed by atoms with Crippen LogP contribution in [0.3, 0.4) is 0 Å². The Morgan fingerprint density at radius 3 is 2.15 bits per heavy atom. The van der Waals surface area contributed by atoms with Crippen LogP contribution < -0.4 is 24.7 Å². The van der Waals surface area contributed by atoms with Crippen LogP contribution >= 0.6 is 11.6 Å². The second-order valence-electron chi connectivity index (χ2n) is 7.48. The predicted octanol–water partition coefficient (Wildman–Crippen LogP) is 4.95. The summed E-state index contributed by atoms with van der Waals surface area (Å²) in [6.45, 7) is 0. The molecule has 1 amide bonds. The Hall–Kier alpha value is -3.97. The van der Waals surface area contributed by atoms with Crippen molar-refractivity contribution in [2.45, 2.75) is 0 Å². The van der Waals surface area contributed by atoms with Gasteiger partial charge in [0.25, 0.3) is 11.5 Å². The van der Waals surface area contributed by atoms with E-state index in [4.69, 9.17) is 25.8 Å². The van der Waals surface area contributed by atoms with E-state index in [1.165, 1.54) is 23.7 Å². The van der Waals surface area contributed by atoms with Crippen molar-refractivity contribution < 1.29 is 19.0 Å². The minimum absolute atomic E-state index is 0.231. The van der Waals surface area contributed by atoms with Gasteiger partial charge in [-0.05, 0) is 36.4 Å². The van der Waals surface area contributed by atoms with Crippen LogP contribution in [-0.2, 0) is 0 Å². The molecule has 0 unspecified atom stereocenters. The lowest BCUT2D eigenvalue weighted by atomic mass is 10.1. The molecule has 0 aliphatic rings. The summed E-state index contributed by atoms with van der Waals surface area (Å²) >= 11 is 6.32. The monoisotopic (exact) mass is 478 g/mol. The molecule has 0 aliphatic carbocycles. The van der Waals surface area contributed by atoms with E-state index in [0.717, 1.165) is 0 Å². The first-order valence-corrected chi connectivity index (χ1v) is 10.8. The highest BCUT2D eigenvalue weighted by atomic mass is 35.5. The molecule has 0 N–H and O–H groups in total. The van der Waals surface area contributed by atoms with E-state index in [1.54, 1.807) is 81.0 Å². The lowest BCUT2D eigenvalue weighted by Gasteiger charge is -2.22. The van der Waals surface area contributed by atoms with Crippen molar-refractivity contribution in [2.75, 3.05) is 33.3 Å². The minimum Gasteiger partial charge on any atom is -0.497 e. The largest absolute Gasteiger partial charge is 0.497 e. The van der Waals surface area contributed by atoms with E-state index < -0.39 is 0 Å². The maximum atomic E-state index is 13.7. The number of ether oxygens (including phenoxy) is 3. The Labute approximate surface area is 201 Å². The van der Waals surface area contributed by atoms with Gasteiger partial charge in [-0.3, -0.25) is 14.2 Å². The fourth-order valence-corrected chi connectivity index (χ4v) is 4.03. The molecule has 7 nitrogen and oxygen atoms in total. The lowest BCUT2D eigenvalue weighted by molar-refractivity contribution is 0.0993. The van der Waals surface area contributed by atoms with E-state index >= 15 is 0 Å². The summed E-state index contributed by atoms with van der Waals surface area (Å²) in [4.78, 5) is 28.5. The highest BCUT2D eigenvalue weighted by Crippen LogP contribution is 2.38. The van der Waals surface area contributed by atoms with Gasteiger partial charge in [-0.15, -0.1) is 0 Å². The van der Waals surface area contributed by atoms with Crippen molar-refractivity contribution in [1.29, 1.82) is 0 Å². The molecule has 8 heteroatoms. The smallest absolute Gasteiger partial charge is 0.262 e. The van der Waals surface area contributed by atoms with Gasteiger partial charge in [-0.25, -0.2) is 0 Å². The summed E-state index contributed by atoms with van der Waals surface area (Å²) in [5.74, 6) is 1.18. The number of pyridine rings is 1. The van der Waals surface area contributed by atoms with Crippen LogP contribution in [0.25, 0.3) is 16.5 Å². The van der Waals surface area contributed by atoms with Gasteiger partial charge in [0.05, 0.1) is 37.6 Å². The number of halogens is 1. The number of nitrogens with zero attached hydrogens (tertiary/aromatic N) is 2. The van der Waals surface area contributed by atoms with Crippen molar-refractivity contribution in [3.05, 3.63) is 87.8 Å². The van der Waals surface area contributed by atoms with Crippen LogP contribution in [0.1, 0.15) is 10.4 Å². The predicted molar refractivity (Wildman–Crippen MR) is 133 cm³/mol. The third-order valence-electron chi connectivity index (χ3n) is 5.62. The Balaban J connectivity index is 1.88. The fraction of sp³-hybridized carbons (Fsp3) is 0.154. The summed E-state index contributed by atoms with van der Waals surface area (Å²) in [7, 11) is 6.21. The van der Waals surface area contributed by atoms with Gasteiger partial charge >= 0.3 is 0 Å². The summed E-state index contributed by atoms with van der Waals surface area (Å²) in [6, 6.07) is 17.3. The number of benzene rings is 3. The number of hydrogen-bond donors (Lipinski definition) is 0. The zero-order chi connectivity index (χ0) is 24.4. The molecule has 0 aliphatic heterocycles. The van der Waals surface area contributed by atoms with Crippen LogP contribution in [0.15, 0.2) is 71.7 Å². The van der Waals surface area contributed by atoms with Gasteiger partial charge in [0.15, 0.2) is 0 Å². The molecular formula is C26H23ClN2O5. The average Bonchev–Trinajstić information content (AvgIpc) is 2.88. The van der Waals surface area contributed by atoms with E-state index in [9.17, 15) is 9.59 Å². The molecule has 4 rings (SSSR count). The number of carbonyl (C=O) groups excluding carboxylic acids is 1. The highest BCUT2D eigenvalue weighted by molar-refractivity contribution is 6.32. The lowest BCUT2D eigenvalue weighted by Crippen LogP contribution is -2.29. The van der Waals surface area contributed by atoms with Crippen molar-refractivity contribution in [1.82, 2.24) is 4.57 Å². The molecule has 0 atom stereocenters. The number of hydrogen-bond acceptors (Lipinski definition) is 5. The second-order valence-corrected chi connectivity index (χ2v) is 7.89.